The molecule has 1 N–H and O–H groups in total. The lowest BCUT2D eigenvalue weighted by atomic mass is 10.2. The van der Waals surface area contributed by atoms with Crippen molar-refractivity contribution < 1.29 is 22.7 Å². The van der Waals surface area contributed by atoms with Gasteiger partial charge in [-0.05, 0) is 61.4 Å². The molecule has 162 valence electrons. The van der Waals surface area contributed by atoms with E-state index in [1.165, 1.54) is 12.1 Å². The number of hydrogen-bond acceptors (Lipinski definition) is 5. The predicted octanol–water partition coefficient (Wildman–Crippen LogP) is 3.07. The minimum atomic E-state index is -3.51. The van der Waals surface area contributed by atoms with E-state index in [2.05, 4.69) is 5.32 Å². The standard InChI is InChI=1S/C22H28N2O5S/c1-28-19-8-10-20(11-9-19)29-17-14-23-22(25)18-6-12-21(13-7-18)30(26,27)24-15-4-2-3-5-16-24/h6-13H,2-5,14-17H2,1H3,(H,23,25). The fourth-order valence-electron chi connectivity index (χ4n) is 3.32. The van der Waals surface area contributed by atoms with E-state index < -0.39 is 10.0 Å². The Balaban J connectivity index is 1.50. The molecule has 0 aliphatic carbocycles. The minimum Gasteiger partial charge on any atom is -0.497 e. The van der Waals surface area contributed by atoms with Gasteiger partial charge in [0.25, 0.3) is 5.91 Å². The summed E-state index contributed by atoms with van der Waals surface area (Å²) in [6, 6.07) is 13.3. The van der Waals surface area contributed by atoms with Crippen molar-refractivity contribution in [3.05, 3.63) is 54.1 Å². The van der Waals surface area contributed by atoms with Crippen LogP contribution in [0.4, 0.5) is 0 Å². The quantitative estimate of drug-likeness (QED) is 0.648. The highest BCUT2D eigenvalue weighted by Crippen LogP contribution is 2.21. The van der Waals surface area contributed by atoms with Gasteiger partial charge in [0.15, 0.2) is 0 Å². The molecule has 7 nitrogen and oxygen atoms in total. The molecular weight excluding hydrogens is 404 g/mol. The molecule has 0 aromatic heterocycles. The van der Waals surface area contributed by atoms with Gasteiger partial charge in [-0.2, -0.15) is 4.31 Å². The lowest BCUT2D eigenvalue weighted by molar-refractivity contribution is 0.0947. The summed E-state index contributed by atoms with van der Waals surface area (Å²) in [5, 5.41) is 2.77. The number of methoxy groups -OCH3 is 1. The molecule has 0 atom stereocenters. The second-order valence-corrected chi connectivity index (χ2v) is 9.06. The molecule has 3 rings (SSSR count). The highest BCUT2D eigenvalue weighted by Gasteiger charge is 2.25. The lowest BCUT2D eigenvalue weighted by Crippen LogP contribution is -2.32. The fraction of sp³-hybridized carbons (Fsp3) is 0.409. The predicted molar refractivity (Wildman–Crippen MR) is 114 cm³/mol. The zero-order chi connectivity index (χ0) is 21.4. The first kappa shape index (κ1) is 22.1. The molecule has 8 heteroatoms. The molecule has 1 heterocycles. The van der Waals surface area contributed by atoms with Gasteiger partial charge in [0.05, 0.1) is 18.6 Å². The number of rotatable bonds is 8. The second-order valence-electron chi connectivity index (χ2n) is 7.12. The van der Waals surface area contributed by atoms with Crippen molar-refractivity contribution in [2.45, 2.75) is 30.6 Å². The minimum absolute atomic E-state index is 0.226. The van der Waals surface area contributed by atoms with Gasteiger partial charge >= 0.3 is 0 Å². The summed E-state index contributed by atoms with van der Waals surface area (Å²) >= 11 is 0. The average Bonchev–Trinajstić information content (AvgIpc) is 3.07. The number of nitrogens with one attached hydrogen (secondary N) is 1. The second kappa shape index (κ2) is 10.4. The molecule has 1 amide bonds. The van der Waals surface area contributed by atoms with Crippen LogP contribution in [0.2, 0.25) is 0 Å². The normalized spacial score (nSPS) is 15.2. The molecule has 0 radical (unpaired) electrons. The van der Waals surface area contributed by atoms with Gasteiger partial charge < -0.3 is 14.8 Å². The molecule has 0 unspecified atom stereocenters. The third-order valence-electron chi connectivity index (χ3n) is 5.04. The van der Waals surface area contributed by atoms with Crippen molar-refractivity contribution in [1.29, 1.82) is 0 Å². The van der Waals surface area contributed by atoms with Crippen LogP contribution in [-0.2, 0) is 10.0 Å². The van der Waals surface area contributed by atoms with Crippen LogP contribution < -0.4 is 14.8 Å². The Morgan fingerprint density at radius 3 is 2.13 bits per heavy atom. The third kappa shape index (κ3) is 5.73. The molecule has 1 aliphatic rings. The number of hydrogen-bond donors (Lipinski definition) is 1. The lowest BCUT2D eigenvalue weighted by Gasteiger charge is -2.20. The smallest absolute Gasteiger partial charge is 0.251 e. The Kier molecular flexibility index (Phi) is 7.70. The van der Waals surface area contributed by atoms with E-state index >= 15 is 0 Å². The third-order valence-corrected chi connectivity index (χ3v) is 6.95. The highest BCUT2D eigenvalue weighted by atomic mass is 32.2. The van der Waals surface area contributed by atoms with Crippen LogP contribution in [0.15, 0.2) is 53.4 Å². The number of sulfonamides is 1. The summed E-state index contributed by atoms with van der Waals surface area (Å²) < 4.78 is 37.8. The molecule has 0 spiro atoms. The molecule has 0 saturated carbocycles. The number of ether oxygens (including phenoxy) is 2. The van der Waals surface area contributed by atoms with Gasteiger partial charge in [0.2, 0.25) is 10.0 Å². The van der Waals surface area contributed by atoms with E-state index in [0.29, 0.717) is 37.6 Å². The molecule has 0 bridgehead atoms. The maximum Gasteiger partial charge on any atom is 0.251 e. The Bertz CT molecular complexity index is 919. The molecule has 1 fully saturated rings. The first-order chi connectivity index (χ1) is 14.5. The van der Waals surface area contributed by atoms with Crippen LogP contribution in [-0.4, -0.2) is 52.0 Å². The number of amides is 1. The summed E-state index contributed by atoms with van der Waals surface area (Å²) in [5.74, 6) is 1.16. The summed E-state index contributed by atoms with van der Waals surface area (Å²) in [4.78, 5) is 12.5. The molecule has 1 saturated heterocycles. The zero-order valence-corrected chi connectivity index (χ0v) is 18.0. The number of carbonyl (C=O) groups excluding carboxylic acids is 1. The van der Waals surface area contributed by atoms with E-state index in [-0.39, 0.29) is 10.8 Å². The highest BCUT2D eigenvalue weighted by molar-refractivity contribution is 7.89. The molecule has 30 heavy (non-hydrogen) atoms. The summed E-state index contributed by atoms with van der Waals surface area (Å²) in [6.45, 7) is 1.76. The number of benzene rings is 2. The van der Waals surface area contributed by atoms with Gasteiger partial charge in [0, 0.05) is 18.7 Å². The van der Waals surface area contributed by atoms with Crippen LogP contribution in [0.1, 0.15) is 36.0 Å². The summed E-state index contributed by atoms with van der Waals surface area (Å²) in [7, 11) is -1.91. The monoisotopic (exact) mass is 432 g/mol. The molecular formula is C22H28N2O5S. The van der Waals surface area contributed by atoms with E-state index in [1.54, 1.807) is 47.8 Å². The van der Waals surface area contributed by atoms with Crippen LogP contribution in [0.3, 0.4) is 0 Å². The summed E-state index contributed by atoms with van der Waals surface area (Å²) in [6.07, 6.45) is 3.90. The van der Waals surface area contributed by atoms with Crippen LogP contribution >= 0.6 is 0 Å². The van der Waals surface area contributed by atoms with Gasteiger partial charge in [-0.1, -0.05) is 12.8 Å². The first-order valence-electron chi connectivity index (χ1n) is 10.2. The van der Waals surface area contributed by atoms with Crippen LogP contribution in [0.25, 0.3) is 0 Å². The fourth-order valence-corrected chi connectivity index (χ4v) is 4.83. The maximum absolute atomic E-state index is 12.8. The van der Waals surface area contributed by atoms with Crippen molar-refractivity contribution in [2.75, 3.05) is 33.4 Å². The van der Waals surface area contributed by atoms with Crippen LogP contribution in [0, 0.1) is 0 Å². The van der Waals surface area contributed by atoms with Crippen LogP contribution in [0.5, 0.6) is 11.5 Å². The zero-order valence-electron chi connectivity index (χ0n) is 17.2. The van der Waals surface area contributed by atoms with E-state index in [4.69, 9.17) is 9.47 Å². The number of nitrogens with zero attached hydrogens (tertiary/aromatic N) is 1. The molecule has 2 aromatic rings. The van der Waals surface area contributed by atoms with Gasteiger partial charge in [-0.15, -0.1) is 0 Å². The molecule has 2 aromatic carbocycles. The summed E-state index contributed by atoms with van der Waals surface area (Å²) in [5.41, 5.74) is 0.411. The van der Waals surface area contributed by atoms with Gasteiger partial charge in [0.1, 0.15) is 18.1 Å². The Hall–Kier alpha value is -2.58. The number of carbonyl (C=O) groups is 1. The van der Waals surface area contributed by atoms with Crippen molar-refractivity contribution in [3.63, 3.8) is 0 Å². The van der Waals surface area contributed by atoms with Crippen molar-refractivity contribution in [3.8, 4) is 11.5 Å². The van der Waals surface area contributed by atoms with Gasteiger partial charge in [-0.25, -0.2) is 8.42 Å². The topological polar surface area (TPSA) is 84.9 Å². The van der Waals surface area contributed by atoms with Crippen molar-refractivity contribution in [1.82, 2.24) is 9.62 Å². The van der Waals surface area contributed by atoms with E-state index in [9.17, 15) is 13.2 Å². The average molecular weight is 433 g/mol. The SMILES string of the molecule is COc1ccc(OCCNC(=O)c2ccc(S(=O)(=O)N3CCCCCC3)cc2)cc1. The molecule has 1 aliphatic heterocycles. The Labute approximate surface area is 178 Å². The Morgan fingerprint density at radius 1 is 0.933 bits per heavy atom. The van der Waals surface area contributed by atoms with Crippen molar-refractivity contribution in [2.24, 2.45) is 0 Å². The maximum atomic E-state index is 12.8. The van der Waals surface area contributed by atoms with Gasteiger partial charge in [-0.3, -0.25) is 4.79 Å². The Morgan fingerprint density at radius 2 is 1.53 bits per heavy atom. The largest absolute Gasteiger partial charge is 0.497 e. The van der Waals surface area contributed by atoms with E-state index in [1.807, 2.05) is 0 Å². The van der Waals surface area contributed by atoms with Crippen molar-refractivity contribution >= 4 is 15.9 Å². The first-order valence-corrected chi connectivity index (χ1v) is 11.6. The van der Waals surface area contributed by atoms with E-state index in [0.717, 1.165) is 31.4 Å².